The van der Waals surface area contributed by atoms with Crippen molar-refractivity contribution in [1.82, 2.24) is 4.98 Å². The maximum absolute atomic E-state index is 12.6. The van der Waals surface area contributed by atoms with Crippen LogP contribution in [0.15, 0.2) is 18.5 Å². The van der Waals surface area contributed by atoms with E-state index in [0.29, 0.717) is 5.56 Å². The number of carboxylic acid groups (broad SMARTS) is 1. The zero-order chi connectivity index (χ0) is 11.3. The van der Waals surface area contributed by atoms with Gasteiger partial charge in [-0.2, -0.15) is 0 Å². The lowest BCUT2D eigenvalue weighted by molar-refractivity contribution is -0.140. The summed E-state index contributed by atoms with van der Waals surface area (Å²) in [6.07, 6.45) is 2.52. The van der Waals surface area contributed by atoms with Crippen LogP contribution in [0.5, 0.6) is 0 Å². The molecule has 1 rings (SSSR count). The number of nitrogens with zero attached hydrogens (tertiary/aromatic N) is 1. The van der Waals surface area contributed by atoms with E-state index in [9.17, 15) is 9.18 Å². The molecule has 1 aromatic heterocycles. The molecule has 0 saturated heterocycles. The van der Waals surface area contributed by atoms with Crippen molar-refractivity contribution in [2.75, 3.05) is 6.61 Å². The standard InChI is InChI=1S/C9H11FN2O3/c10-7-1-6(2-12-3-7)4-15-5-8(11)9(13)14/h1-3,8H,4-5,11H2,(H,13,14). The molecule has 0 aliphatic heterocycles. The molecule has 0 radical (unpaired) electrons. The number of rotatable bonds is 5. The number of aliphatic carboxylic acids is 1. The van der Waals surface area contributed by atoms with Crippen LogP contribution in [0, 0.1) is 5.82 Å². The van der Waals surface area contributed by atoms with Crippen molar-refractivity contribution in [3.63, 3.8) is 0 Å². The van der Waals surface area contributed by atoms with E-state index in [2.05, 4.69) is 4.98 Å². The summed E-state index contributed by atoms with van der Waals surface area (Å²) in [5.74, 6) is -1.59. The molecule has 1 atom stereocenters. The number of hydrogen-bond acceptors (Lipinski definition) is 4. The average Bonchev–Trinajstić information content (AvgIpc) is 2.17. The van der Waals surface area contributed by atoms with Crippen LogP contribution in [0.4, 0.5) is 4.39 Å². The highest BCUT2D eigenvalue weighted by Gasteiger charge is 2.10. The Kier molecular flexibility index (Phi) is 4.14. The van der Waals surface area contributed by atoms with Crippen LogP contribution in [0.2, 0.25) is 0 Å². The summed E-state index contributed by atoms with van der Waals surface area (Å²) in [6.45, 7) is -0.0302. The van der Waals surface area contributed by atoms with Gasteiger partial charge in [0, 0.05) is 6.20 Å². The Balaban J connectivity index is 2.35. The Bertz CT molecular complexity index is 346. The SMILES string of the molecule is NC(COCc1cncc(F)c1)C(=O)O. The molecule has 0 fully saturated rings. The molecule has 0 aliphatic carbocycles. The van der Waals surface area contributed by atoms with E-state index in [1.165, 1.54) is 12.3 Å². The first-order valence-corrected chi connectivity index (χ1v) is 4.25. The molecule has 3 N–H and O–H groups in total. The third-order valence-electron chi connectivity index (χ3n) is 1.64. The Morgan fingerprint density at radius 1 is 1.67 bits per heavy atom. The van der Waals surface area contributed by atoms with Crippen molar-refractivity contribution in [3.8, 4) is 0 Å². The van der Waals surface area contributed by atoms with Gasteiger partial charge < -0.3 is 15.6 Å². The largest absolute Gasteiger partial charge is 0.480 e. The lowest BCUT2D eigenvalue weighted by atomic mass is 10.3. The number of pyridine rings is 1. The number of hydrogen-bond donors (Lipinski definition) is 2. The van der Waals surface area contributed by atoms with Crippen molar-refractivity contribution < 1.29 is 19.0 Å². The van der Waals surface area contributed by atoms with Crippen LogP contribution in [-0.4, -0.2) is 28.7 Å². The number of aromatic nitrogens is 1. The van der Waals surface area contributed by atoms with Crippen LogP contribution < -0.4 is 5.73 Å². The van der Waals surface area contributed by atoms with Crippen molar-refractivity contribution in [1.29, 1.82) is 0 Å². The lowest BCUT2D eigenvalue weighted by Crippen LogP contribution is -2.34. The Hall–Kier alpha value is -1.53. The topological polar surface area (TPSA) is 85.4 Å². The van der Waals surface area contributed by atoms with Gasteiger partial charge in [0.15, 0.2) is 0 Å². The minimum Gasteiger partial charge on any atom is -0.480 e. The molecule has 0 amide bonds. The van der Waals surface area contributed by atoms with Crippen molar-refractivity contribution in [3.05, 3.63) is 29.8 Å². The predicted octanol–water partition coefficient (Wildman–Crippen LogP) is 0.149. The summed E-state index contributed by atoms with van der Waals surface area (Å²) in [5, 5.41) is 8.45. The second-order valence-corrected chi connectivity index (χ2v) is 2.97. The van der Waals surface area contributed by atoms with E-state index in [4.69, 9.17) is 15.6 Å². The second-order valence-electron chi connectivity index (χ2n) is 2.97. The van der Waals surface area contributed by atoms with Crippen LogP contribution in [0.25, 0.3) is 0 Å². The van der Waals surface area contributed by atoms with Crippen molar-refractivity contribution in [2.45, 2.75) is 12.6 Å². The molecule has 0 spiro atoms. The fourth-order valence-electron chi connectivity index (χ4n) is 0.910. The third-order valence-corrected chi connectivity index (χ3v) is 1.64. The summed E-state index contributed by atoms with van der Waals surface area (Å²) < 4.78 is 17.6. The Labute approximate surface area is 85.7 Å². The summed E-state index contributed by atoms with van der Waals surface area (Å²) in [5.41, 5.74) is 5.73. The average molecular weight is 214 g/mol. The number of carbonyl (C=O) groups is 1. The van der Waals surface area contributed by atoms with Gasteiger partial charge in [0.2, 0.25) is 0 Å². The van der Waals surface area contributed by atoms with Gasteiger partial charge in [0.25, 0.3) is 0 Å². The third kappa shape index (κ3) is 4.01. The molecular weight excluding hydrogens is 203 g/mol. The molecule has 6 heteroatoms. The Morgan fingerprint density at radius 2 is 2.40 bits per heavy atom. The summed E-state index contributed by atoms with van der Waals surface area (Å²) >= 11 is 0. The molecule has 5 nitrogen and oxygen atoms in total. The minimum atomic E-state index is -1.13. The molecule has 1 heterocycles. The van der Waals surface area contributed by atoms with E-state index in [1.807, 2.05) is 0 Å². The molecule has 0 saturated carbocycles. The number of ether oxygens (including phenoxy) is 1. The van der Waals surface area contributed by atoms with Gasteiger partial charge in [-0.05, 0) is 11.6 Å². The first-order chi connectivity index (χ1) is 7.09. The van der Waals surface area contributed by atoms with Crippen molar-refractivity contribution in [2.24, 2.45) is 5.73 Å². The fraction of sp³-hybridized carbons (Fsp3) is 0.333. The first kappa shape index (κ1) is 11.5. The normalized spacial score (nSPS) is 12.4. The number of carboxylic acids is 1. The summed E-state index contributed by atoms with van der Waals surface area (Å²) in [7, 11) is 0. The molecular formula is C9H11FN2O3. The number of halogens is 1. The van der Waals surface area contributed by atoms with Gasteiger partial charge in [-0.1, -0.05) is 0 Å². The molecule has 1 aromatic rings. The first-order valence-electron chi connectivity index (χ1n) is 4.25. The van der Waals surface area contributed by atoms with E-state index in [1.54, 1.807) is 0 Å². The second kappa shape index (κ2) is 5.38. The molecule has 0 bridgehead atoms. The fourth-order valence-corrected chi connectivity index (χ4v) is 0.910. The van der Waals surface area contributed by atoms with Gasteiger partial charge in [-0.15, -0.1) is 0 Å². The van der Waals surface area contributed by atoms with Gasteiger partial charge in [-0.3, -0.25) is 9.78 Å². The molecule has 1 unspecified atom stereocenters. The molecule has 0 aliphatic rings. The van der Waals surface area contributed by atoms with E-state index in [-0.39, 0.29) is 13.2 Å². The van der Waals surface area contributed by atoms with Crippen LogP contribution in [0.1, 0.15) is 5.56 Å². The summed E-state index contributed by atoms with van der Waals surface area (Å²) in [4.78, 5) is 13.9. The van der Waals surface area contributed by atoms with Crippen LogP contribution >= 0.6 is 0 Å². The van der Waals surface area contributed by atoms with Crippen LogP contribution in [-0.2, 0) is 16.1 Å². The quantitative estimate of drug-likeness (QED) is 0.728. The summed E-state index contributed by atoms with van der Waals surface area (Å²) in [6, 6.07) is 0.200. The molecule has 15 heavy (non-hydrogen) atoms. The maximum atomic E-state index is 12.6. The highest BCUT2D eigenvalue weighted by atomic mass is 19.1. The van der Waals surface area contributed by atoms with E-state index in [0.717, 1.165) is 6.20 Å². The maximum Gasteiger partial charge on any atom is 0.322 e. The van der Waals surface area contributed by atoms with E-state index >= 15 is 0 Å². The van der Waals surface area contributed by atoms with Gasteiger partial charge >= 0.3 is 5.97 Å². The van der Waals surface area contributed by atoms with Gasteiger partial charge in [0.1, 0.15) is 11.9 Å². The smallest absolute Gasteiger partial charge is 0.322 e. The molecule has 0 aromatic carbocycles. The predicted molar refractivity (Wildman–Crippen MR) is 49.5 cm³/mol. The highest BCUT2D eigenvalue weighted by molar-refractivity contribution is 5.73. The Morgan fingerprint density at radius 3 is 3.00 bits per heavy atom. The number of nitrogens with two attached hydrogens (primary N) is 1. The highest BCUT2D eigenvalue weighted by Crippen LogP contribution is 2.02. The minimum absolute atomic E-state index is 0.0890. The van der Waals surface area contributed by atoms with Crippen molar-refractivity contribution >= 4 is 5.97 Å². The molecule has 82 valence electrons. The van der Waals surface area contributed by atoms with Crippen LogP contribution in [0.3, 0.4) is 0 Å². The van der Waals surface area contributed by atoms with E-state index < -0.39 is 17.8 Å². The zero-order valence-electron chi connectivity index (χ0n) is 7.89. The monoisotopic (exact) mass is 214 g/mol. The van der Waals surface area contributed by atoms with Gasteiger partial charge in [0.05, 0.1) is 19.4 Å². The van der Waals surface area contributed by atoms with Gasteiger partial charge in [-0.25, -0.2) is 4.39 Å². The lowest BCUT2D eigenvalue weighted by Gasteiger charge is -2.07. The zero-order valence-corrected chi connectivity index (χ0v) is 7.89.